The van der Waals surface area contributed by atoms with Crippen molar-refractivity contribution in [2.75, 3.05) is 18.5 Å². The van der Waals surface area contributed by atoms with Crippen molar-refractivity contribution in [3.8, 4) is 0 Å². The summed E-state index contributed by atoms with van der Waals surface area (Å²) >= 11 is 11.8. The number of nitrogens with one attached hydrogen (secondary N) is 1. The van der Waals surface area contributed by atoms with Crippen molar-refractivity contribution in [3.05, 3.63) is 28.2 Å². The van der Waals surface area contributed by atoms with E-state index in [2.05, 4.69) is 5.32 Å². The summed E-state index contributed by atoms with van der Waals surface area (Å²) in [4.78, 5) is 11.9. The Bertz CT molecular complexity index is 417. The molecule has 1 aromatic carbocycles. The Morgan fingerprint density at radius 2 is 2.24 bits per heavy atom. The van der Waals surface area contributed by atoms with Crippen LogP contribution in [0.1, 0.15) is 12.8 Å². The van der Waals surface area contributed by atoms with Gasteiger partial charge >= 0.3 is 0 Å². The first-order valence-corrected chi connectivity index (χ1v) is 6.26. The molecule has 0 bridgehead atoms. The average Bonchev–Trinajstić information content (AvgIpc) is 2.34. The summed E-state index contributed by atoms with van der Waals surface area (Å²) in [6, 6.07) is 5.00. The summed E-state index contributed by atoms with van der Waals surface area (Å²) in [6.45, 7) is 1.22. The van der Waals surface area contributed by atoms with Crippen LogP contribution in [0.3, 0.4) is 0 Å². The Morgan fingerprint density at radius 3 is 2.88 bits per heavy atom. The van der Waals surface area contributed by atoms with Gasteiger partial charge in [0.15, 0.2) is 0 Å². The maximum atomic E-state index is 11.9. The van der Waals surface area contributed by atoms with Crippen molar-refractivity contribution in [3.63, 3.8) is 0 Å². The predicted octanol–water partition coefficient (Wildman–Crippen LogP) is 3.36. The first-order valence-electron chi connectivity index (χ1n) is 5.50. The number of hydrogen-bond acceptors (Lipinski definition) is 2. The molecule has 5 heteroatoms. The molecule has 1 aliphatic rings. The number of anilines is 1. The highest BCUT2D eigenvalue weighted by atomic mass is 35.5. The number of benzene rings is 1. The second-order valence-corrected chi connectivity index (χ2v) is 4.87. The van der Waals surface area contributed by atoms with Gasteiger partial charge in [-0.05, 0) is 31.0 Å². The standard InChI is InChI=1S/C12H13Cl2NO2/c13-9-3-4-11(10(14)6-9)15-12(16)8-2-1-5-17-7-8/h3-4,6,8H,1-2,5,7H2,(H,15,16). The number of carbonyl (C=O) groups excluding carboxylic acids is 1. The summed E-state index contributed by atoms with van der Waals surface area (Å²) in [7, 11) is 0. The van der Waals surface area contributed by atoms with Gasteiger partial charge < -0.3 is 10.1 Å². The fraction of sp³-hybridized carbons (Fsp3) is 0.417. The summed E-state index contributed by atoms with van der Waals surface area (Å²) < 4.78 is 5.28. The molecule has 0 aromatic heterocycles. The third kappa shape index (κ3) is 3.35. The van der Waals surface area contributed by atoms with Gasteiger partial charge in [0, 0.05) is 11.6 Å². The van der Waals surface area contributed by atoms with E-state index in [0.717, 1.165) is 19.4 Å². The third-order valence-electron chi connectivity index (χ3n) is 2.72. The normalized spacial score (nSPS) is 20.0. The van der Waals surface area contributed by atoms with Crippen LogP contribution in [-0.4, -0.2) is 19.1 Å². The Labute approximate surface area is 110 Å². The first-order chi connectivity index (χ1) is 8.16. The fourth-order valence-corrected chi connectivity index (χ4v) is 2.23. The molecule has 92 valence electrons. The predicted molar refractivity (Wildman–Crippen MR) is 68.6 cm³/mol. The highest BCUT2D eigenvalue weighted by molar-refractivity contribution is 6.36. The molecule has 1 fully saturated rings. The van der Waals surface area contributed by atoms with E-state index in [1.165, 1.54) is 0 Å². The van der Waals surface area contributed by atoms with Gasteiger partial charge in [-0.3, -0.25) is 4.79 Å². The molecule has 0 radical (unpaired) electrons. The van der Waals surface area contributed by atoms with Crippen molar-refractivity contribution in [1.29, 1.82) is 0 Å². The van der Waals surface area contributed by atoms with Crippen LogP contribution in [0.15, 0.2) is 18.2 Å². The van der Waals surface area contributed by atoms with Crippen molar-refractivity contribution >= 4 is 34.8 Å². The van der Waals surface area contributed by atoms with Crippen molar-refractivity contribution in [2.24, 2.45) is 5.92 Å². The van der Waals surface area contributed by atoms with Gasteiger partial charge in [0.25, 0.3) is 0 Å². The molecule has 0 aliphatic carbocycles. The number of ether oxygens (including phenoxy) is 1. The van der Waals surface area contributed by atoms with Crippen LogP contribution in [-0.2, 0) is 9.53 Å². The van der Waals surface area contributed by atoms with Crippen LogP contribution in [0.5, 0.6) is 0 Å². The molecule has 1 aliphatic heterocycles. The topological polar surface area (TPSA) is 38.3 Å². The average molecular weight is 274 g/mol. The van der Waals surface area contributed by atoms with E-state index in [4.69, 9.17) is 27.9 Å². The van der Waals surface area contributed by atoms with E-state index in [9.17, 15) is 4.79 Å². The van der Waals surface area contributed by atoms with E-state index in [0.29, 0.717) is 22.3 Å². The molecule has 2 rings (SSSR count). The van der Waals surface area contributed by atoms with E-state index in [1.54, 1.807) is 18.2 Å². The molecular formula is C12H13Cl2NO2. The molecular weight excluding hydrogens is 261 g/mol. The zero-order valence-corrected chi connectivity index (χ0v) is 10.7. The number of halogens is 2. The monoisotopic (exact) mass is 273 g/mol. The lowest BCUT2D eigenvalue weighted by Crippen LogP contribution is -2.30. The van der Waals surface area contributed by atoms with E-state index < -0.39 is 0 Å². The summed E-state index contributed by atoms with van der Waals surface area (Å²) in [5.41, 5.74) is 0.589. The Hall–Kier alpha value is -0.770. The van der Waals surface area contributed by atoms with Crippen LogP contribution < -0.4 is 5.32 Å². The number of carbonyl (C=O) groups is 1. The molecule has 0 spiro atoms. The second-order valence-electron chi connectivity index (χ2n) is 4.03. The zero-order chi connectivity index (χ0) is 12.3. The highest BCUT2D eigenvalue weighted by Crippen LogP contribution is 2.26. The molecule has 1 heterocycles. The van der Waals surface area contributed by atoms with Gasteiger partial charge in [0.1, 0.15) is 0 Å². The fourth-order valence-electron chi connectivity index (χ4n) is 1.77. The van der Waals surface area contributed by atoms with Crippen molar-refractivity contribution < 1.29 is 9.53 Å². The maximum absolute atomic E-state index is 11.9. The van der Waals surface area contributed by atoms with Crippen LogP contribution in [0.25, 0.3) is 0 Å². The molecule has 1 N–H and O–H groups in total. The maximum Gasteiger partial charge on any atom is 0.229 e. The van der Waals surface area contributed by atoms with E-state index in [1.807, 2.05) is 0 Å². The molecule has 1 saturated heterocycles. The smallest absolute Gasteiger partial charge is 0.229 e. The van der Waals surface area contributed by atoms with E-state index >= 15 is 0 Å². The minimum atomic E-state index is -0.0875. The Kier molecular flexibility index (Phi) is 4.26. The van der Waals surface area contributed by atoms with Crippen LogP contribution in [0.4, 0.5) is 5.69 Å². The van der Waals surface area contributed by atoms with Crippen molar-refractivity contribution in [1.82, 2.24) is 0 Å². The highest BCUT2D eigenvalue weighted by Gasteiger charge is 2.22. The Balaban J connectivity index is 2.02. The van der Waals surface area contributed by atoms with Crippen LogP contribution >= 0.6 is 23.2 Å². The molecule has 1 aromatic rings. The molecule has 1 unspecified atom stereocenters. The summed E-state index contributed by atoms with van der Waals surface area (Å²) in [6.07, 6.45) is 1.78. The number of amides is 1. The molecule has 17 heavy (non-hydrogen) atoms. The van der Waals surface area contributed by atoms with Gasteiger partial charge in [0.05, 0.1) is 23.2 Å². The van der Waals surface area contributed by atoms with Gasteiger partial charge in [-0.15, -0.1) is 0 Å². The lowest BCUT2D eigenvalue weighted by molar-refractivity contribution is -0.123. The van der Waals surface area contributed by atoms with Gasteiger partial charge in [-0.2, -0.15) is 0 Å². The molecule has 1 amide bonds. The lowest BCUT2D eigenvalue weighted by atomic mass is 10.0. The third-order valence-corrected chi connectivity index (χ3v) is 3.27. The SMILES string of the molecule is O=C(Nc1ccc(Cl)cc1Cl)C1CCCOC1. The summed E-state index contributed by atoms with van der Waals surface area (Å²) in [5, 5.41) is 3.79. The minimum absolute atomic E-state index is 0.0473. The number of hydrogen-bond donors (Lipinski definition) is 1. The lowest BCUT2D eigenvalue weighted by Gasteiger charge is -2.21. The Morgan fingerprint density at radius 1 is 1.41 bits per heavy atom. The second kappa shape index (κ2) is 5.71. The molecule has 0 saturated carbocycles. The summed E-state index contributed by atoms with van der Waals surface area (Å²) in [5.74, 6) is -0.135. The number of rotatable bonds is 2. The molecule has 1 atom stereocenters. The van der Waals surface area contributed by atoms with Gasteiger partial charge in [0.2, 0.25) is 5.91 Å². The zero-order valence-electron chi connectivity index (χ0n) is 9.21. The van der Waals surface area contributed by atoms with E-state index in [-0.39, 0.29) is 11.8 Å². The van der Waals surface area contributed by atoms with Gasteiger partial charge in [-0.25, -0.2) is 0 Å². The van der Waals surface area contributed by atoms with Crippen LogP contribution in [0, 0.1) is 5.92 Å². The van der Waals surface area contributed by atoms with Crippen LogP contribution in [0.2, 0.25) is 10.0 Å². The van der Waals surface area contributed by atoms with Crippen molar-refractivity contribution in [2.45, 2.75) is 12.8 Å². The molecule has 3 nitrogen and oxygen atoms in total. The first kappa shape index (κ1) is 12.7. The minimum Gasteiger partial charge on any atom is -0.381 e. The largest absolute Gasteiger partial charge is 0.381 e. The quantitative estimate of drug-likeness (QED) is 0.898. The van der Waals surface area contributed by atoms with Gasteiger partial charge in [-0.1, -0.05) is 23.2 Å².